The smallest absolute Gasteiger partial charge is 0.140 e. The van der Waals surface area contributed by atoms with Crippen LogP contribution in [0.25, 0.3) is 0 Å². The second-order valence-corrected chi connectivity index (χ2v) is 5.41. The van der Waals surface area contributed by atoms with Crippen LogP contribution in [0.3, 0.4) is 0 Å². The largest absolute Gasteiger partial charge is 0.409 e. The van der Waals surface area contributed by atoms with E-state index >= 15 is 0 Å². The Labute approximate surface area is 121 Å². The van der Waals surface area contributed by atoms with Crippen LogP contribution in [0.5, 0.6) is 0 Å². The van der Waals surface area contributed by atoms with Crippen LogP contribution in [-0.4, -0.2) is 28.5 Å². The van der Waals surface area contributed by atoms with E-state index < -0.39 is 0 Å². The molecular formula is C13H19BrFN3O. The molecule has 0 amide bonds. The molecule has 0 aliphatic heterocycles. The second kappa shape index (κ2) is 7.45. The Bertz CT molecular complexity index is 452. The molecule has 0 saturated carbocycles. The van der Waals surface area contributed by atoms with E-state index in [9.17, 15) is 4.39 Å². The van der Waals surface area contributed by atoms with Crippen molar-refractivity contribution in [1.82, 2.24) is 4.90 Å². The lowest BCUT2D eigenvalue weighted by atomic mass is 10.1. The third-order valence-corrected chi connectivity index (χ3v) is 3.81. The highest BCUT2D eigenvalue weighted by molar-refractivity contribution is 9.10. The summed E-state index contributed by atoms with van der Waals surface area (Å²) in [7, 11) is 0. The molecule has 0 heterocycles. The molecule has 0 atom stereocenters. The lowest BCUT2D eigenvalue weighted by Gasteiger charge is -2.26. The molecule has 0 spiro atoms. The first kappa shape index (κ1) is 15.9. The van der Waals surface area contributed by atoms with Crippen molar-refractivity contribution in [3.8, 4) is 0 Å². The minimum absolute atomic E-state index is 0.198. The SMILES string of the molecule is CC(C)N(CC/C(N)=N/O)Cc1cccc(F)c1Br. The van der Waals surface area contributed by atoms with Crippen molar-refractivity contribution in [3.05, 3.63) is 34.1 Å². The first-order chi connectivity index (χ1) is 8.95. The average Bonchev–Trinajstić information content (AvgIpc) is 2.38. The molecule has 0 aliphatic rings. The molecule has 0 bridgehead atoms. The van der Waals surface area contributed by atoms with E-state index in [-0.39, 0.29) is 17.7 Å². The molecular weight excluding hydrogens is 313 g/mol. The van der Waals surface area contributed by atoms with Crippen LogP contribution in [0.4, 0.5) is 4.39 Å². The van der Waals surface area contributed by atoms with Gasteiger partial charge in [0.15, 0.2) is 0 Å². The van der Waals surface area contributed by atoms with Crippen LogP contribution in [0.15, 0.2) is 27.8 Å². The fourth-order valence-corrected chi connectivity index (χ4v) is 2.11. The third-order valence-electron chi connectivity index (χ3n) is 2.92. The van der Waals surface area contributed by atoms with E-state index in [0.29, 0.717) is 24.0 Å². The van der Waals surface area contributed by atoms with Crippen molar-refractivity contribution in [3.63, 3.8) is 0 Å². The molecule has 0 aliphatic carbocycles. The predicted molar refractivity (Wildman–Crippen MR) is 77.7 cm³/mol. The van der Waals surface area contributed by atoms with Crippen LogP contribution >= 0.6 is 15.9 Å². The Morgan fingerprint density at radius 3 is 2.79 bits per heavy atom. The third kappa shape index (κ3) is 4.80. The van der Waals surface area contributed by atoms with Gasteiger partial charge in [0.05, 0.1) is 4.47 Å². The summed E-state index contributed by atoms with van der Waals surface area (Å²) in [6.45, 7) is 5.37. The quantitative estimate of drug-likeness (QED) is 0.364. The Morgan fingerprint density at radius 1 is 1.53 bits per heavy atom. The van der Waals surface area contributed by atoms with Crippen LogP contribution < -0.4 is 5.73 Å². The Hall–Kier alpha value is -1.14. The minimum Gasteiger partial charge on any atom is -0.409 e. The summed E-state index contributed by atoms with van der Waals surface area (Å²) >= 11 is 3.26. The van der Waals surface area contributed by atoms with Crippen LogP contribution in [0.1, 0.15) is 25.8 Å². The first-order valence-corrected chi connectivity index (χ1v) is 6.88. The van der Waals surface area contributed by atoms with E-state index in [0.717, 1.165) is 5.56 Å². The number of oxime groups is 1. The fourth-order valence-electron chi connectivity index (χ4n) is 1.72. The molecule has 0 unspecified atom stereocenters. The molecule has 106 valence electrons. The van der Waals surface area contributed by atoms with Gasteiger partial charge in [-0.25, -0.2) is 4.39 Å². The summed E-state index contributed by atoms with van der Waals surface area (Å²) < 4.78 is 14.0. The number of nitrogens with two attached hydrogens (primary N) is 1. The van der Waals surface area contributed by atoms with Gasteiger partial charge in [-0.3, -0.25) is 4.90 Å². The lowest BCUT2D eigenvalue weighted by Crippen LogP contribution is -2.33. The van der Waals surface area contributed by atoms with E-state index in [4.69, 9.17) is 10.9 Å². The number of amidine groups is 1. The summed E-state index contributed by atoms with van der Waals surface area (Å²) in [4.78, 5) is 2.14. The molecule has 3 N–H and O–H groups in total. The van der Waals surface area contributed by atoms with E-state index in [2.05, 4.69) is 39.8 Å². The summed E-state index contributed by atoms with van der Waals surface area (Å²) in [5, 5.41) is 11.5. The Morgan fingerprint density at radius 2 is 2.21 bits per heavy atom. The molecule has 1 rings (SSSR count). The van der Waals surface area contributed by atoms with Crippen LogP contribution in [0, 0.1) is 5.82 Å². The number of benzene rings is 1. The zero-order valence-electron chi connectivity index (χ0n) is 11.1. The maximum Gasteiger partial charge on any atom is 0.140 e. The van der Waals surface area contributed by atoms with Gasteiger partial charge >= 0.3 is 0 Å². The number of hydrogen-bond donors (Lipinski definition) is 2. The van der Waals surface area contributed by atoms with E-state index in [1.165, 1.54) is 6.07 Å². The van der Waals surface area contributed by atoms with Gasteiger partial charge in [-0.2, -0.15) is 0 Å². The molecule has 0 aromatic heterocycles. The predicted octanol–water partition coefficient (Wildman–Crippen LogP) is 2.94. The van der Waals surface area contributed by atoms with Crippen LogP contribution in [0.2, 0.25) is 0 Å². The van der Waals surface area contributed by atoms with Gasteiger partial charge in [-0.05, 0) is 41.4 Å². The van der Waals surface area contributed by atoms with Gasteiger partial charge in [0.1, 0.15) is 11.7 Å². The van der Waals surface area contributed by atoms with Crippen LogP contribution in [-0.2, 0) is 6.54 Å². The zero-order valence-corrected chi connectivity index (χ0v) is 12.7. The maximum atomic E-state index is 13.5. The monoisotopic (exact) mass is 331 g/mol. The van der Waals surface area contributed by atoms with Crippen molar-refractivity contribution >= 4 is 21.8 Å². The van der Waals surface area contributed by atoms with Gasteiger partial charge in [0.25, 0.3) is 0 Å². The zero-order chi connectivity index (χ0) is 14.4. The molecule has 1 aromatic rings. The van der Waals surface area contributed by atoms with E-state index in [1.54, 1.807) is 6.07 Å². The van der Waals surface area contributed by atoms with Crippen molar-refractivity contribution in [2.24, 2.45) is 10.9 Å². The summed E-state index contributed by atoms with van der Waals surface area (Å²) in [6, 6.07) is 5.27. The van der Waals surface area contributed by atoms with Crippen molar-refractivity contribution in [1.29, 1.82) is 0 Å². The fraction of sp³-hybridized carbons (Fsp3) is 0.462. The number of hydrogen-bond acceptors (Lipinski definition) is 3. The van der Waals surface area contributed by atoms with Crippen molar-refractivity contribution in [2.45, 2.75) is 32.9 Å². The number of nitrogens with zero attached hydrogens (tertiary/aromatic N) is 2. The topological polar surface area (TPSA) is 61.8 Å². The second-order valence-electron chi connectivity index (χ2n) is 4.62. The molecule has 0 fully saturated rings. The van der Waals surface area contributed by atoms with Gasteiger partial charge < -0.3 is 10.9 Å². The lowest BCUT2D eigenvalue weighted by molar-refractivity contribution is 0.217. The number of rotatable bonds is 6. The average molecular weight is 332 g/mol. The maximum absolute atomic E-state index is 13.5. The van der Waals surface area contributed by atoms with E-state index in [1.807, 2.05) is 6.07 Å². The molecule has 6 heteroatoms. The van der Waals surface area contributed by atoms with Crippen molar-refractivity contribution < 1.29 is 9.60 Å². The molecule has 4 nitrogen and oxygen atoms in total. The highest BCUT2D eigenvalue weighted by Crippen LogP contribution is 2.22. The van der Waals surface area contributed by atoms with Gasteiger partial charge in [-0.1, -0.05) is 17.3 Å². The Balaban J connectivity index is 2.76. The number of halogens is 2. The minimum atomic E-state index is -0.266. The normalized spacial score (nSPS) is 12.4. The molecule has 0 radical (unpaired) electrons. The summed E-state index contributed by atoms with van der Waals surface area (Å²) in [6.07, 6.45) is 0.474. The van der Waals surface area contributed by atoms with Gasteiger partial charge in [0.2, 0.25) is 0 Å². The highest BCUT2D eigenvalue weighted by atomic mass is 79.9. The standard InChI is InChI=1S/C13H19BrFN3O/c1-9(2)18(7-6-12(16)17-19)8-10-4-3-5-11(15)13(10)14/h3-5,9,19H,6-8H2,1-2H3,(H2,16,17). The summed E-state index contributed by atoms with van der Waals surface area (Å²) in [5.41, 5.74) is 6.36. The van der Waals surface area contributed by atoms with Gasteiger partial charge in [-0.15, -0.1) is 0 Å². The summed E-state index contributed by atoms with van der Waals surface area (Å²) in [5.74, 6) is -0.0680. The molecule has 19 heavy (non-hydrogen) atoms. The first-order valence-electron chi connectivity index (χ1n) is 6.09. The molecule has 0 saturated heterocycles. The molecule has 1 aromatic carbocycles. The van der Waals surface area contributed by atoms with Gasteiger partial charge in [0, 0.05) is 25.6 Å². The Kier molecular flexibility index (Phi) is 6.24. The highest BCUT2D eigenvalue weighted by Gasteiger charge is 2.14. The van der Waals surface area contributed by atoms with Crippen molar-refractivity contribution in [2.75, 3.05) is 6.54 Å².